The SMILES string of the molecule is COCCC(=O)N1CCC(F)(C(=O)N2CCCC2)CC1. The predicted molar refractivity (Wildman–Crippen MR) is 72.0 cm³/mol. The van der Waals surface area contributed by atoms with E-state index in [2.05, 4.69) is 0 Å². The molecule has 0 aromatic carbocycles. The Morgan fingerprint density at radius 1 is 1.10 bits per heavy atom. The Labute approximate surface area is 119 Å². The van der Waals surface area contributed by atoms with Crippen LogP contribution in [0.15, 0.2) is 0 Å². The number of rotatable bonds is 4. The molecule has 0 aromatic heterocycles. The van der Waals surface area contributed by atoms with Gasteiger partial charge in [0.25, 0.3) is 5.91 Å². The van der Waals surface area contributed by atoms with Gasteiger partial charge in [0.15, 0.2) is 5.67 Å². The van der Waals surface area contributed by atoms with Gasteiger partial charge in [-0.25, -0.2) is 4.39 Å². The molecule has 2 heterocycles. The third-order valence-electron chi connectivity index (χ3n) is 4.21. The van der Waals surface area contributed by atoms with Gasteiger partial charge in [-0.2, -0.15) is 0 Å². The number of halogens is 1. The molecule has 0 N–H and O–H groups in total. The van der Waals surface area contributed by atoms with Crippen molar-refractivity contribution in [3.63, 3.8) is 0 Å². The van der Waals surface area contributed by atoms with E-state index in [9.17, 15) is 14.0 Å². The number of carbonyl (C=O) groups excluding carboxylic acids is 2. The number of methoxy groups -OCH3 is 1. The predicted octanol–water partition coefficient (Wildman–Crippen LogP) is 0.976. The summed E-state index contributed by atoms with van der Waals surface area (Å²) in [6, 6.07) is 0. The van der Waals surface area contributed by atoms with Crippen molar-refractivity contribution < 1.29 is 18.7 Å². The quantitative estimate of drug-likeness (QED) is 0.774. The summed E-state index contributed by atoms with van der Waals surface area (Å²) in [4.78, 5) is 27.3. The molecule has 2 amide bonds. The van der Waals surface area contributed by atoms with Crippen LogP contribution in [0.2, 0.25) is 0 Å². The van der Waals surface area contributed by atoms with E-state index in [4.69, 9.17) is 4.74 Å². The maximum atomic E-state index is 14.8. The van der Waals surface area contributed by atoms with Crippen LogP contribution in [0.3, 0.4) is 0 Å². The zero-order valence-electron chi connectivity index (χ0n) is 12.1. The topological polar surface area (TPSA) is 49.9 Å². The largest absolute Gasteiger partial charge is 0.384 e. The van der Waals surface area contributed by atoms with Crippen LogP contribution < -0.4 is 0 Å². The third kappa shape index (κ3) is 3.29. The first-order valence-electron chi connectivity index (χ1n) is 7.32. The minimum absolute atomic E-state index is 0.0254. The lowest BCUT2D eigenvalue weighted by Gasteiger charge is -2.37. The Morgan fingerprint density at radius 2 is 1.70 bits per heavy atom. The van der Waals surface area contributed by atoms with Crippen LogP contribution in [0.5, 0.6) is 0 Å². The molecular weight excluding hydrogens is 263 g/mol. The molecule has 5 nitrogen and oxygen atoms in total. The van der Waals surface area contributed by atoms with Crippen molar-refractivity contribution in [2.75, 3.05) is 39.9 Å². The molecule has 6 heteroatoms. The number of piperidine rings is 1. The van der Waals surface area contributed by atoms with Gasteiger partial charge in [0, 0.05) is 46.1 Å². The van der Waals surface area contributed by atoms with Gasteiger partial charge in [-0.15, -0.1) is 0 Å². The third-order valence-corrected chi connectivity index (χ3v) is 4.21. The number of hydrogen-bond acceptors (Lipinski definition) is 3. The van der Waals surface area contributed by atoms with Crippen molar-refractivity contribution >= 4 is 11.8 Å². The summed E-state index contributed by atoms with van der Waals surface area (Å²) in [6.45, 7) is 2.35. The van der Waals surface area contributed by atoms with Gasteiger partial charge < -0.3 is 14.5 Å². The van der Waals surface area contributed by atoms with Gasteiger partial charge in [-0.05, 0) is 12.8 Å². The molecule has 2 rings (SSSR count). The lowest BCUT2D eigenvalue weighted by molar-refractivity contribution is -0.149. The maximum absolute atomic E-state index is 14.8. The molecule has 114 valence electrons. The van der Waals surface area contributed by atoms with Crippen LogP contribution in [0.25, 0.3) is 0 Å². The molecule has 0 atom stereocenters. The van der Waals surface area contributed by atoms with Crippen molar-refractivity contribution in [1.29, 1.82) is 0 Å². The van der Waals surface area contributed by atoms with Crippen molar-refractivity contribution in [2.24, 2.45) is 0 Å². The summed E-state index contributed by atoms with van der Waals surface area (Å²) in [5.74, 6) is -0.401. The molecule has 0 aliphatic carbocycles. The lowest BCUT2D eigenvalue weighted by Crippen LogP contribution is -2.52. The highest BCUT2D eigenvalue weighted by Crippen LogP contribution is 2.30. The van der Waals surface area contributed by atoms with E-state index in [1.165, 1.54) is 0 Å². The summed E-state index contributed by atoms with van der Waals surface area (Å²) in [5.41, 5.74) is -1.78. The first-order valence-corrected chi connectivity index (χ1v) is 7.32. The van der Waals surface area contributed by atoms with Gasteiger partial charge >= 0.3 is 0 Å². The normalized spacial score (nSPS) is 22.1. The fourth-order valence-electron chi connectivity index (χ4n) is 2.88. The molecule has 0 spiro atoms. The number of nitrogens with zero attached hydrogens (tertiary/aromatic N) is 2. The fourth-order valence-corrected chi connectivity index (χ4v) is 2.88. The number of amides is 2. The Morgan fingerprint density at radius 3 is 2.25 bits per heavy atom. The molecule has 2 aliphatic heterocycles. The first-order chi connectivity index (χ1) is 9.57. The summed E-state index contributed by atoms with van der Waals surface area (Å²) in [6.07, 6.45) is 2.46. The molecule has 20 heavy (non-hydrogen) atoms. The van der Waals surface area contributed by atoms with Crippen LogP contribution in [0, 0.1) is 0 Å². The number of ether oxygens (including phenoxy) is 1. The Balaban J connectivity index is 1.85. The number of likely N-dealkylation sites (tertiary alicyclic amines) is 2. The van der Waals surface area contributed by atoms with E-state index in [1.54, 1.807) is 16.9 Å². The van der Waals surface area contributed by atoms with Crippen LogP contribution in [-0.4, -0.2) is 67.2 Å². The average molecular weight is 286 g/mol. The summed E-state index contributed by atoms with van der Waals surface area (Å²) >= 11 is 0. The van der Waals surface area contributed by atoms with Crippen molar-refractivity contribution in [3.8, 4) is 0 Å². The fraction of sp³-hybridized carbons (Fsp3) is 0.857. The van der Waals surface area contributed by atoms with E-state index in [1.807, 2.05) is 0 Å². The molecule has 0 aromatic rings. The zero-order chi connectivity index (χ0) is 14.6. The lowest BCUT2D eigenvalue weighted by atomic mass is 9.91. The highest BCUT2D eigenvalue weighted by molar-refractivity contribution is 5.86. The molecule has 2 aliphatic rings. The highest BCUT2D eigenvalue weighted by Gasteiger charge is 2.45. The minimum Gasteiger partial charge on any atom is -0.384 e. The van der Waals surface area contributed by atoms with E-state index < -0.39 is 5.67 Å². The Hall–Kier alpha value is -1.17. The van der Waals surface area contributed by atoms with Crippen LogP contribution in [0.1, 0.15) is 32.1 Å². The van der Waals surface area contributed by atoms with E-state index >= 15 is 0 Å². The van der Waals surface area contributed by atoms with Crippen molar-refractivity contribution in [1.82, 2.24) is 9.80 Å². The average Bonchev–Trinajstić information content (AvgIpc) is 2.98. The summed E-state index contributed by atoms with van der Waals surface area (Å²) in [5, 5.41) is 0. The van der Waals surface area contributed by atoms with E-state index in [0.717, 1.165) is 12.8 Å². The molecule has 0 radical (unpaired) electrons. The van der Waals surface area contributed by atoms with Crippen molar-refractivity contribution in [3.05, 3.63) is 0 Å². The van der Waals surface area contributed by atoms with E-state index in [-0.39, 0.29) is 24.7 Å². The Bertz CT molecular complexity index is 361. The number of carbonyl (C=O) groups is 2. The van der Waals surface area contributed by atoms with Crippen molar-refractivity contribution in [2.45, 2.75) is 37.8 Å². The van der Waals surface area contributed by atoms with Crippen LogP contribution in [0.4, 0.5) is 4.39 Å². The molecular formula is C14H23FN2O3. The smallest absolute Gasteiger partial charge is 0.260 e. The highest BCUT2D eigenvalue weighted by atomic mass is 19.1. The van der Waals surface area contributed by atoms with Gasteiger partial charge in [0.1, 0.15) is 0 Å². The van der Waals surface area contributed by atoms with Gasteiger partial charge in [-0.1, -0.05) is 0 Å². The van der Waals surface area contributed by atoms with Crippen LogP contribution >= 0.6 is 0 Å². The minimum atomic E-state index is -1.78. The number of hydrogen-bond donors (Lipinski definition) is 0. The van der Waals surface area contributed by atoms with Crippen LogP contribution in [-0.2, 0) is 14.3 Å². The molecule has 0 unspecified atom stereocenters. The zero-order valence-corrected chi connectivity index (χ0v) is 12.1. The summed E-state index contributed by atoms with van der Waals surface area (Å²) in [7, 11) is 1.55. The molecule has 0 bridgehead atoms. The Kier molecular flexibility index (Phi) is 4.96. The standard InChI is InChI=1S/C14H23FN2O3/c1-20-11-4-12(18)16-9-5-14(15,6-10-16)13(19)17-7-2-3-8-17/h2-11H2,1H3. The molecule has 0 saturated carbocycles. The second-order valence-corrected chi connectivity index (χ2v) is 5.59. The molecule has 2 fully saturated rings. The van der Waals surface area contributed by atoms with Gasteiger partial charge in [0.2, 0.25) is 5.91 Å². The monoisotopic (exact) mass is 286 g/mol. The summed E-state index contributed by atoms with van der Waals surface area (Å²) < 4.78 is 19.6. The first kappa shape index (κ1) is 15.2. The van der Waals surface area contributed by atoms with Gasteiger partial charge in [0.05, 0.1) is 13.0 Å². The second-order valence-electron chi connectivity index (χ2n) is 5.59. The maximum Gasteiger partial charge on any atom is 0.260 e. The molecule has 2 saturated heterocycles. The van der Waals surface area contributed by atoms with E-state index in [0.29, 0.717) is 39.2 Å². The number of alkyl halides is 1. The second kappa shape index (κ2) is 6.52. The van der Waals surface area contributed by atoms with Gasteiger partial charge in [-0.3, -0.25) is 9.59 Å².